The first-order chi connectivity index (χ1) is 50.1. The summed E-state index contributed by atoms with van der Waals surface area (Å²) in [7, 11) is 0. The number of aliphatic carboxylic acids is 1. The molecule has 1 saturated heterocycles. The minimum atomic E-state index is -5.08. The number of cyclic esters (lactones) is 1. The zero-order valence-electron chi connectivity index (χ0n) is 61.9. The molecule has 0 saturated carbocycles. The Labute approximate surface area is 630 Å². The molecule has 40 heteroatoms. The lowest BCUT2D eigenvalue weighted by molar-refractivity contribution is -0.192. The number of rotatable bonds is 24. The third-order valence-corrected chi connectivity index (χ3v) is 16.5. The molecule has 1 heterocycles. The Hall–Kier alpha value is -9.80. The predicted octanol–water partition coefficient (Wildman–Crippen LogP) is -2.28. The van der Waals surface area contributed by atoms with Gasteiger partial charge in [0.05, 0.1) is 25.4 Å². The number of halogens is 4. The smallest absolute Gasteiger partial charge is 0.475 e. The van der Waals surface area contributed by atoms with E-state index in [0.29, 0.717) is 10.0 Å². The molecule has 1 aliphatic heterocycles. The number of alkyl carbamates (subject to hydrolysis) is 1. The number of aliphatic imine (C=N–C) groups is 1. The number of primary amides is 1. The largest absolute Gasteiger partial charge is 0.490 e. The van der Waals surface area contributed by atoms with Crippen molar-refractivity contribution in [1.82, 2.24) is 58.5 Å². The van der Waals surface area contributed by atoms with Gasteiger partial charge >= 0.3 is 24.2 Å². The minimum Gasteiger partial charge on any atom is -0.475 e. The normalized spacial score (nSPS) is 22.5. The van der Waals surface area contributed by atoms with Crippen molar-refractivity contribution in [2.75, 3.05) is 19.7 Å². The molecule has 12 amide bonds. The number of nitrogens with zero attached hydrogens (tertiary/aromatic N) is 1. The summed E-state index contributed by atoms with van der Waals surface area (Å²) >= 11 is 3.41. The number of ether oxygens (including phenoxy) is 2. The van der Waals surface area contributed by atoms with Crippen LogP contribution in [-0.4, -0.2) is 225 Å². The average Bonchev–Trinajstić information content (AvgIpc) is 0.811. The van der Waals surface area contributed by atoms with E-state index in [1.807, 2.05) is 10.6 Å². The van der Waals surface area contributed by atoms with Crippen molar-refractivity contribution < 1.29 is 115 Å². The van der Waals surface area contributed by atoms with Crippen LogP contribution in [0.4, 0.5) is 18.0 Å². The SMILES string of the molecule is CC[C@H](C)C1NC(=O)[C@@H](CCCN=C(N)N)NC(=O)[C@H](CC(C)C)NC(=O)[C@H]([C@H](O)C(C)C)NC(=O)[C@@H](NC(=O)[C@H](CC(C)C)NC(=O)[C@@H](Cc2cccc(Br)c2)NC(=O)OC(C)(C)C)[C@@H](c2ccccc2)OC(=O)[C@H](CO)NC(=O)[C@H]([C@H](O)C(N)=O)NC(=O)CNC(=O)[C@H]([C@H](C)O)NC1=O.O=C(O)C(F)(F)F. The van der Waals surface area contributed by atoms with Crippen LogP contribution in [0, 0.1) is 23.7 Å². The van der Waals surface area contributed by atoms with Crippen molar-refractivity contribution in [2.45, 2.75) is 218 Å². The molecule has 1 fully saturated rings. The fourth-order valence-electron chi connectivity index (χ4n) is 10.2. The minimum absolute atomic E-state index is 0.0255. The van der Waals surface area contributed by atoms with E-state index in [9.17, 15) is 81.5 Å². The van der Waals surface area contributed by atoms with E-state index >= 15 is 14.4 Å². The van der Waals surface area contributed by atoms with Crippen LogP contribution in [0.2, 0.25) is 0 Å². The van der Waals surface area contributed by atoms with Gasteiger partial charge in [0.1, 0.15) is 60.0 Å². The van der Waals surface area contributed by atoms with Crippen LogP contribution in [0.1, 0.15) is 132 Å². The van der Waals surface area contributed by atoms with Gasteiger partial charge in [-0.3, -0.25) is 57.7 Å². The molecule has 36 nitrogen and oxygen atoms in total. The van der Waals surface area contributed by atoms with Crippen LogP contribution in [0.5, 0.6) is 0 Å². The fourth-order valence-corrected chi connectivity index (χ4v) is 10.6. The summed E-state index contributed by atoms with van der Waals surface area (Å²) in [4.78, 5) is 199. The van der Waals surface area contributed by atoms with Crippen molar-refractivity contribution in [3.8, 4) is 0 Å². The van der Waals surface area contributed by atoms with Gasteiger partial charge in [0.15, 0.2) is 24.2 Å². The molecule has 2 aromatic carbocycles. The third kappa shape index (κ3) is 32.7. The number of carboxylic acid groups (broad SMARTS) is 1. The van der Waals surface area contributed by atoms with Gasteiger partial charge in [0, 0.05) is 17.4 Å². The molecule has 108 heavy (non-hydrogen) atoms. The quantitative estimate of drug-likeness (QED) is 0.0228. The summed E-state index contributed by atoms with van der Waals surface area (Å²) in [5.41, 5.74) is 15.9. The highest BCUT2D eigenvalue weighted by atomic mass is 79.9. The van der Waals surface area contributed by atoms with E-state index in [-0.39, 0.29) is 56.6 Å². The second-order valence-corrected chi connectivity index (χ2v) is 28.6. The summed E-state index contributed by atoms with van der Waals surface area (Å²) in [6, 6.07) is -4.95. The number of guanidine groups is 1. The number of carbonyl (C=O) groups excluding carboxylic acids is 13. The van der Waals surface area contributed by atoms with E-state index in [1.54, 1.807) is 86.6 Å². The first kappa shape index (κ1) is 94.3. The molecular formula is C68H103BrF3N15O21. The number of hydrogen-bond donors (Lipinski definition) is 19. The lowest BCUT2D eigenvalue weighted by atomic mass is 9.95. The zero-order chi connectivity index (χ0) is 82.4. The topological polar surface area (TPSA) is 581 Å². The summed E-state index contributed by atoms with van der Waals surface area (Å²) in [6.45, 7) is 16.3. The number of carboxylic acids is 1. The molecule has 0 aromatic heterocycles. The maximum Gasteiger partial charge on any atom is 0.490 e. The summed E-state index contributed by atoms with van der Waals surface area (Å²) < 4.78 is 43.8. The maximum absolute atomic E-state index is 15.6. The van der Waals surface area contributed by atoms with Crippen molar-refractivity contribution in [1.29, 1.82) is 0 Å². The Morgan fingerprint density at radius 2 is 1.23 bits per heavy atom. The van der Waals surface area contributed by atoms with E-state index in [2.05, 4.69) is 68.8 Å². The molecule has 0 bridgehead atoms. The Balaban J connectivity index is 0.00000537. The number of aliphatic hydroxyl groups is 4. The number of nitrogens with one attached hydrogen (secondary N) is 11. The third-order valence-electron chi connectivity index (χ3n) is 16.0. The molecule has 0 aliphatic carbocycles. The fraction of sp³-hybridized carbons (Fsp3) is 0.603. The number of nitrogens with two attached hydrogens (primary N) is 3. The molecule has 604 valence electrons. The molecule has 1 unspecified atom stereocenters. The highest BCUT2D eigenvalue weighted by Crippen LogP contribution is 2.26. The second-order valence-electron chi connectivity index (χ2n) is 27.7. The number of aliphatic hydroxyl groups excluding tert-OH is 4. The van der Waals surface area contributed by atoms with Gasteiger partial charge in [0.2, 0.25) is 65.0 Å². The van der Waals surface area contributed by atoms with Crippen LogP contribution < -0.4 is 75.7 Å². The van der Waals surface area contributed by atoms with Crippen molar-refractivity contribution in [3.63, 3.8) is 0 Å². The van der Waals surface area contributed by atoms with E-state index < -0.39 is 216 Å². The van der Waals surface area contributed by atoms with Gasteiger partial charge in [-0.15, -0.1) is 0 Å². The molecule has 22 N–H and O–H groups in total. The van der Waals surface area contributed by atoms with Gasteiger partial charge < -0.3 is 111 Å². The highest BCUT2D eigenvalue weighted by molar-refractivity contribution is 9.10. The summed E-state index contributed by atoms with van der Waals surface area (Å²) in [5, 5.41) is 78.2. The molecule has 0 spiro atoms. The number of carbonyl (C=O) groups is 14. The predicted molar refractivity (Wildman–Crippen MR) is 383 cm³/mol. The lowest BCUT2D eigenvalue weighted by Gasteiger charge is -2.34. The van der Waals surface area contributed by atoms with Gasteiger partial charge in [-0.2, -0.15) is 13.2 Å². The number of amides is 12. The van der Waals surface area contributed by atoms with E-state index in [4.69, 9.17) is 36.6 Å². The lowest BCUT2D eigenvalue weighted by Crippen LogP contribution is -2.64. The Bertz CT molecular complexity index is 3460. The maximum atomic E-state index is 15.6. The first-order valence-electron chi connectivity index (χ1n) is 34.4. The van der Waals surface area contributed by atoms with Crippen molar-refractivity contribution in [2.24, 2.45) is 45.9 Å². The molecule has 1 aliphatic rings. The molecule has 2 aromatic rings. The van der Waals surface area contributed by atoms with Gasteiger partial charge in [0.25, 0.3) is 0 Å². The Morgan fingerprint density at radius 1 is 0.676 bits per heavy atom. The highest BCUT2D eigenvalue weighted by Gasteiger charge is 2.44. The van der Waals surface area contributed by atoms with Crippen LogP contribution in [-0.2, 0) is 78.2 Å². The molecule has 15 atom stereocenters. The van der Waals surface area contributed by atoms with Crippen molar-refractivity contribution in [3.05, 3.63) is 70.2 Å². The second kappa shape index (κ2) is 44.5. The Kier molecular flexibility index (Phi) is 38.8. The van der Waals surface area contributed by atoms with E-state index in [1.165, 1.54) is 44.2 Å². The van der Waals surface area contributed by atoms with Crippen LogP contribution in [0.3, 0.4) is 0 Å². The molecule has 0 radical (unpaired) electrons. The molecule has 3 rings (SSSR count). The molecular weight excluding hydrogens is 1500 g/mol. The van der Waals surface area contributed by atoms with Crippen LogP contribution in [0.15, 0.2) is 64.1 Å². The van der Waals surface area contributed by atoms with Gasteiger partial charge in [-0.25, -0.2) is 14.4 Å². The number of hydrogen-bond acceptors (Lipinski definition) is 21. The van der Waals surface area contributed by atoms with E-state index in [0.717, 1.165) is 6.92 Å². The summed E-state index contributed by atoms with van der Waals surface area (Å²) in [6.07, 6.45) is -14.9. The zero-order valence-corrected chi connectivity index (χ0v) is 63.5. The monoisotopic (exact) mass is 1600 g/mol. The average molecular weight is 1600 g/mol. The first-order valence-corrected chi connectivity index (χ1v) is 35.2. The number of esters is 1. The summed E-state index contributed by atoms with van der Waals surface area (Å²) in [5.74, 6) is -20.7. The van der Waals surface area contributed by atoms with Crippen LogP contribution in [0.25, 0.3) is 0 Å². The standard InChI is InChI=1S/C66H102BrN15O19.C2HF3O2/c1-13-34(8)45-59(94)80-46(35(9)84)58(93)72-29-44(85)78-48(51(87)53(68)88)61(96)76-43(30-83)63(98)100-52(37-20-15-14-16-21-37)49(82-57(92)41(26-32(4)5)74-56(91)42(77-65(99)101-66(10,11)12)28-36-19-17-22-38(67)27-36)62(97)81-47(50(86)33(6)7)60(95)75-40(25-31(2)3)55(90)73-39(54(89)79-45)23-18-24-71-64(69)70;3-2(4,5)1(6)7/h14-17,19-22,27,31-35,39-43,45-52,83-84,86-87H,13,18,23-26,28-30H2,1-12H3,(H2,68,88)(H,72,93)(H,73,90)(H,74,91)(H,75,95)(H,76,96)(H,77,99)(H,78,85)(H,79,89)(H,80,94)(H,81,97)(H,82,92)(H4,69,70,71);(H,6,7)/t34-,35-,39+,40-,41-,42+,43-,45?,46-,47-,48-,49-,50+,51-,52+;/m0./s1. The van der Waals surface area contributed by atoms with Gasteiger partial charge in [-0.05, 0) is 100 Å². The number of benzene rings is 2. The number of alkyl halides is 3. The van der Waals surface area contributed by atoms with Gasteiger partial charge in [-0.1, -0.05) is 120 Å². The van der Waals surface area contributed by atoms with Crippen LogP contribution >= 0.6 is 15.9 Å². The Morgan fingerprint density at radius 3 is 1.75 bits per heavy atom. The van der Waals surface area contributed by atoms with Crippen molar-refractivity contribution >= 4 is 105 Å².